The predicted octanol–water partition coefficient (Wildman–Crippen LogP) is 2.93. The van der Waals surface area contributed by atoms with Gasteiger partial charge in [-0.3, -0.25) is 4.79 Å². The molecule has 116 valence electrons. The summed E-state index contributed by atoms with van der Waals surface area (Å²) in [5.41, 5.74) is 4.64. The Morgan fingerprint density at radius 2 is 1.90 bits per heavy atom. The number of thiocarbonyl (C=S) groups is 1. The van der Waals surface area contributed by atoms with Crippen LogP contribution in [0.5, 0.6) is 0 Å². The van der Waals surface area contributed by atoms with E-state index in [1.54, 1.807) is 13.8 Å². The highest BCUT2D eigenvalue weighted by Gasteiger charge is 2.48. The van der Waals surface area contributed by atoms with Gasteiger partial charge in [0.25, 0.3) is 0 Å². The Kier molecular flexibility index (Phi) is 5.40. The van der Waals surface area contributed by atoms with Gasteiger partial charge in [-0.05, 0) is 26.2 Å². The van der Waals surface area contributed by atoms with Crippen LogP contribution in [0, 0.1) is 11.8 Å². The minimum absolute atomic E-state index is 0.0114. The Labute approximate surface area is 122 Å². The third-order valence-electron chi connectivity index (χ3n) is 4.17. The molecule has 3 nitrogen and oxygen atoms in total. The van der Waals surface area contributed by atoms with Gasteiger partial charge in [-0.25, -0.2) is 0 Å². The molecule has 1 aliphatic rings. The van der Waals surface area contributed by atoms with E-state index >= 15 is 0 Å². The number of nitrogens with one attached hydrogen (secondary N) is 1. The van der Waals surface area contributed by atoms with Gasteiger partial charge >= 0.3 is 6.18 Å². The summed E-state index contributed by atoms with van der Waals surface area (Å²) in [7, 11) is 0. The highest BCUT2D eigenvalue weighted by molar-refractivity contribution is 7.80. The molecule has 0 spiro atoms. The first-order valence-corrected chi connectivity index (χ1v) is 7.21. The van der Waals surface area contributed by atoms with E-state index in [0.717, 1.165) is 0 Å². The monoisotopic (exact) mass is 310 g/mol. The van der Waals surface area contributed by atoms with Gasteiger partial charge in [0.05, 0.1) is 16.4 Å². The van der Waals surface area contributed by atoms with Crippen LogP contribution in [0.4, 0.5) is 13.2 Å². The topological polar surface area (TPSA) is 55.1 Å². The largest absolute Gasteiger partial charge is 0.392 e. The van der Waals surface area contributed by atoms with Crippen molar-refractivity contribution >= 4 is 23.1 Å². The van der Waals surface area contributed by atoms with E-state index in [0.29, 0.717) is 19.3 Å². The summed E-state index contributed by atoms with van der Waals surface area (Å²) in [5.74, 6) is -3.20. The zero-order valence-electron chi connectivity index (χ0n) is 11.7. The summed E-state index contributed by atoms with van der Waals surface area (Å²) in [6.45, 7) is 3.42. The Balaban J connectivity index is 2.86. The van der Waals surface area contributed by atoms with Crippen LogP contribution in [0.3, 0.4) is 0 Å². The van der Waals surface area contributed by atoms with E-state index in [1.165, 1.54) is 0 Å². The molecule has 1 amide bonds. The number of halogens is 3. The minimum Gasteiger partial charge on any atom is -0.391 e. The molecular formula is C13H21F3N2OS. The van der Waals surface area contributed by atoms with Gasteiger partial charge < -0.3 is 11.1 Å². The molecule has 3 atom stereocenters. The second kappa shape index (κ2) is 6.28. The van der Waals surface area contributed by atoms with Crippen molar-refractivity contribution in [3.05, 3.63) is 0 Å². The molecule has 0 aliphatic heterocycles. The van der Waals surface area contributed by atoms with Gasteiger partial charge in [-0.1, -0.05) is 32.0 Å². The van der Waals surface area contributed by atoms with Crippen molar-refractivity contribution in [2.75, 3.05) is 0 Å². The fourth-order valence-electron chi connectivity index (χ4n) is 2.53. The average Bonchev–Trinajstić information content (AvgIpc) is 2.37. The lowest BCUT2D eigenvalue weighted by molar-refractivity contribution is -0.198. The van der Waals surface area contributed by atoms with Crippen LogP contribution in [0.2, 0.25) is 0 Å². The zero-order valence-corrected chi connectivity index (χ0v) is 12.5. The van der Waals surface area contributed by atoms with Crippen LogP contribution >= 0.6 is 12.2 Å². The highest BCUT2D eigenvalue weighted by atomic mass is 32.1. The van der Waals surface area contributed by atoms with Crippen molar-refractivity contribution in [1.29, 1.82) is 0 Å². The molecule has 20 heavy (non-hydrogen) atoms. The van der Waals surface area contributed by atoms with Gasteiger partial charge in [-0.2, -0.15) is 13.2 Å². The number of hydrogen-bond acceptors (Lipinski definition) is 2. The van der Waals surface area contributed by atoms with Crippen molar-refractivity contribution in [1.82, 2.24) is 5.32 Å². The molecule has 0 aromatic rings. The molecule has 0 radical (unpaired) electrons. The van der Waals surface area contributed by atoms with Crippen LogP contribution in [-0.2, 0) is 4.79 Å². The third kappa shape index (κ3) is 3.84. The SMILES string of the molecule is CCC(C)(NC(=O)C1CCCCC1C(F)(F)F)C(N)=S. The summed E-state index contributed by atoms with van der Waals surface area (Å²) in [6.07, 6.45) is -2.48. The van der Waals surface area contributed by atoms with E-state index in [9.17, 15) is 18.0 Å². The standard InChI is InChI=1S/C13H21F3N2OS/c1-3-12(2,11(17)20)18-10(19)8-6-4-5-7-9(8)13(14,15)16/h8-9H,3-7H2,1-2H3,(H2,17,20)(H,18,19). The Morgan fingerprint density at radius 3 is 2.35 bits per heavy atom. The fourth-order valence-corrected chi connectivity index (χ4v) is 2.72. The van der Waals surface area contributed by atoms with E-state index in [4.69, 9.17) is 18.0 Å². The normalized spacial score (nSPS) is 26.6. The van der Waals surface area contributed by atoms with Gasteiger partial charge in [-0.15, -0.1) is 0 Å². The molecule has 0 bridgehead atoms. The molecule has 1 aliphatic carbocycles. The molecule has 0 heterocycles. The van der Waals surface area contributed by atoms with Crippen LogP contribution in [0.15, 0.2) is 0 Å². The number of rotatable bonds is 4. The van der Waals surface area contributed by atoms with Gasteiger partial charge in [0.1, 0.15) is 0 Å². The number of alkyl halides is 3. The predicted molar refractivity (Wildman–Crippen MR) is 75.1 cm³/mol. The smallest absolute Gasteiger partial charge is 0.391 e. The van der Waals surface area contributed by atoms with Crippen molar-refractivity contribution in [2.24, 2.45) is 17.6 Å². The number of nitrogens with two attached hydrogens (primary N) is 1. The van der Waals surface area contributed by atoms with Crippen molar-refractivity contribution in [2.45, 2.75) is 57.7 Å². The van der Waals surface area contributed by atoms with Crippen LogP contribution in [-0.4, -0.2) is 22.6 Å². The maximum Gasteiger partial charge on any atom is 0.392 e. The summed E-state index contributed by atoms with van der Waals surface area (Å²) in [4.78, 5) is 12.3. The molecule has 0 aromatic heterocycles. The molecule has 7 heteroatoms. The summed E-state index contributed by atoms with van der Waals surface area (Å²) < 4.78 is 39.0. The molecule has 3 unspecified atom stereocenters. The summed E-state index contributed by atoms with van der Waals surface area (Å²) in [6, 6.07) is 0. The zero-order chi connectivity index (χ0) is 15.6. The average molecular weight is 310 g/mol. The first-order chi connectivity index (χ1) is 9.12. The quantitative estimate of drug-likeness (QED) is 0.785. The number of carbonyl (C=O) groups is 1. The second-order valence-electron chi connectivity index (χ2n) is 5.58. The van der Waals surface area contributed by atoms with E-state index in [1.807, 2.05) is 0 Å². The lowest BCUT2D eigenvalue weighted by atomic mass is 9.77. The van der Waals surface area contributed by atoms with E-state index in [2.05, 4.69) is 5.32 Å². The minimum atomic E-state index is -4.34. The lowest BCUT2D eigenvalue weighted by Gasteiger charge is -2.35. The maximum absolute atomic E-state index is 13.0. The first kappa shape index (κ1) is 17.2. The Morgan fingerprint density at radius 1 is 1.35 bits per heavy atom. The molecule has 0 aromatic carbocycles. The van der Waals surface area contributed by atoms with Crippen molar-refractivity contribution < 1.29 is 18.0 Å². The number of amides is 1. The Bertz CT molecular complexity index is 386. The van der Waals surface area contributed by atoms with Gasteiger partial charge in [0.15, 0.2) is 0 Å². The van der Waals surface area contributed by atoms with Gasteiger partial charge in [0, 0.05) is 5.92 Å². The molecule has 3 N–H and O–H groups in total. The lowest BCUT2D eigenvalue weighted by Crippen LogP contribution is -2.57. The first-order valence-electron chi connectivity index (χ1n) is 6.80. The second-order valence-corrected chi connectivity index (χ2v) is 6.02. The maximum atomic E-state index is 13.0. The molecule has 1 fully saturated rings. The summed E-state index contributed by atoms with van der Waals surface area (Å²) >= 11 is 4.89. The molecule has 1 rings (SSSR count). The van der Waals surface area contributed by atoms with Crippen LogP contribution in [0.1, 0.15) is 46.0 Å². The third-order valence-corrected chi connectivity index (χ3v) is 4.62. The molecule has 1 saturated carbocycles. The van der Waals surface area contributed by atoms with Crippen molar-refractivity contribution in [3.63, 3.8) is 0 Å². The number of hydrogen-bond donors (Lipinski definition) is 2. The Hall–Kier alpha value is -0.850. The highest BCUT2D eigenvalue weighted by Crippen LogP contribution is 2.41. The van der Waals surface area contributed by atoms with Crippen LogP contribution in [0.25, 0.3) is 0 Å². The summed E-state index contributed by atoms with van der Waals surface area (Å²) in [5, 5.41) is 2.61. The van der Waals surface area contributed by atoms with E-state index in [-0.39, 0.29) is 17.8 Å². The van der Waals surface area contributed by atoms with Crippen molar-refractivity contribution in [3.8, 4) is 0 Å². The fraction of sp³-hybridized carbons (Fsp3) is 0.846. The van der Waals surface area contributed by atoms with E-state index < -0.39 is 29.5 Å². The van der Waals surface area contributed by atoms with Crippen LogP contribution < -0.4 is 11.1 Å². The number of carbonyl (C=O) groups excluding carboxylic acids is 1. The van der Waals surface area contributed by atoms with Gasteiger partial charge in [0.2, 0.25) is 5.91 Å². The molecule has 0 saturated heterocycles. The molecular weight excluding hydrogens is 289 g/mol.